The fourth-order valence-corrected chi connectivity index (χ4v) is 2.96. The summed E-state index contributed by atoms with van der Waals surface area (Å²) in [5, 5.41) is 3.35. The lowest BCUT2D eigenvalue weighted by Gasteiger charge is -2.28. The van der Waals surface area contributed by atoms with Gasteiger partial charge in [-0.2, -0.15) is 0 Å². The Morgan fingerprint density at radius 1 is 0.920 bits per heavy atom. The molecule has 0 amide bonds. The minimum atomic E-state index is -0.0976. The SMILES string of the molecule is C=C(C=CNc1ccc(C(C)(C)C)cc1)C(C)(C)c1ccccc1C. The van der Waals surface area contributed by atoms with Crippen LogP contribution in [0.5, 0.6) is 0 Å². The van der Waals surface area contributed by atoms with E-state index in [1.165, 1.54) is 16.7 Å². The van der Waals surface area contributed by atoms with E-state index in [1.807, 2.05) is 6.20 Å². The van der Waals surface area contributed by atoms with E-state index in [4.69, 9.17) is 0 Å². The molecule has 0 aliphatic carbocycles. The smallest absolute Gasteiger partial charge is 0.0379 e. The van der Waals surface area contributed by atoms with Crippen molar-refractivity contribution in [2.24, 2.45) is 0 Å². The van der Waals surface area contributed by atoms with Crippen LogP contribution in [-0.4, -0.2) is 0 Å². The number of anilines is 1. The van der Waals surface area contributed by atoms with Crippen molar-refractivity contribution < 1.29 is 0 Å². The van der Waals surface area contributed by atoms with Gasteiger partial charge in [-0.15, -0.1) is 0 Å². The van der Waals surface area contributed by atoms with Crippen molar-refractivity contribution in [1.82, 2.24) is 0 Å². The molecular weight excluding hydrogens is 302 g/mol. The zero-order valence-corrected chi connectivity index (χ0v) is 16.5. The third-order valence-electron chi connectivity index (χ3n) is 4.91. The molecule has 132 valence electrons. The normalized spacial score (nSPS) is 12.4. The van der Waals surface area contributed by atoms with Crippen LogP contribution < -0.4 is 5.32 Å². The largest absolute Gasteiger partial charge is 0.362 e. The van der Waals surface area contributed by atoms with E-state index in [2.05, 4.69) is 108 Å². The Labute approximate surface area is 153 Å². The third kappa shape index (κ3) is 4.63. The lowest BCUT2D eigenvalue weighted by Crippen LogP contribution is -2.20. The van der Waals surface area contributed by atoms with Crippen LogP contribution in [0, 0.1) is 6.92 Å². The van der Waals surface area contributed by atoms with Crippen LogP contribution in [0.2, 0.25) is 0 Å². The molecule has 0 fully saturated rings. The highest BCUT2D eigenvalue weighted by molar-refractivity contribution is 5.49. The first-order chi connectivity index (χ1) is 11.6. The Morgan fingerprint density at radius 2 is 1.52 bits per heavy atom. The van der Waals surface area contributed by atoms with Gasteiger partial charge in [0.15, 0.2) is 0 Å². The number of nitrogens with one attached hydrogen (secondary N) is 1. The maximum atomic E-state index is 4.29. The molecule has 1 N–H and O–H groups in total. The van der Waals surface area contributed by atoms with E-state index >= 15 is 0 Å². The van der Waals surface area contributed by atoms with E-state index in [0.717, 1.165) is 11.3 Å². The summed E-state index contributed by atoms with van der Waals surface area (Å²) in [6, 6.07) is 17.1. The fourth-order valence-electron chi connectivity index (χ4n) is 2.96. The summed E-state index contributed by atoms with van der Waals surface area (Å²) in [5.74, 6) is 0. The molecule has 1 heteroatoms. The standard InChI is InChI=1S/C24H31N/c1-18-10-8-9-11-22(18)24(6,7)19(2)16-17-25-21-14-12-20(13-15-21)23(3,4)5/h8-17,25H,2H2,1,3-7H3. The molecule has 0 atom stereocenters. The summed E-state index contributed by atoms with van der Waals surface area (Å²) < 4.78 is 0. The van der Waals surface area contributed by atoms with Crippen molar-refractivity contribution in [3.8, 4) is 0 Å². The lowest BCUT2D eigenvalue weighted by molar-refractivity contribution is 0.590. The second-order valence-electron chi connectivity index (χ2n) is 8.27. The van der Waals surface area contributed by atoms with E-state index < -0.39 is 0 Å². The highest BCUT2D eigenvalue weighted by Crippen LogP contribution is 2.33. The molecule has 0 bridgehead atoms. The molecule has 0 unspecified atom stereocenters. The van der Waals surface area contributed by atoms with Gasteiger partial charge in [-0.05, 0) is 52.8 Å². The minimum Gasteiger partial charge on any atom is -0.362 e. The van der Waals surface area contributed by atoms with Crippen molar-refractivity contribution >= 4 is 5.69 Å². The maximum absolute atomic E-state index is 4.29. The van der Waals surface area contributed by atoms with Crippen LogP contribution >= 0.6 is 0 Å². The average Bonchev–Trinajstić information content (AvgIpc) is 2.54. The molecule has 0 aromatic heterocycles. The molecule has 25 heavy (non-hydrogen) atoms. The van der Waals surface area contributed by atoms with E-state index in [9.17, 15) is 0 Å². The Hall–Kier alpha value is -2.28. The minimum absolute atomic E-state index is 0.0976. The Morgan fingerprint density at radius 3 is 2.08 bits per heavy atom. The zero-order chi connectivity index (χ0) is 18.7. The van der Waals surface area contributed by atoms with Gasteiger partial charge in [0.2, 0.25) is 0 Å². The van der Waals surface area contributed by atoms with Gasteiger partial charge in [-0.25, -0.2) is 0 Å². The lowest BCUT2D eigenvalue weighted by atomic mass is 9.76. The number of hydrogen-bond donors (Lipinski definition) is 1. The molecule has 1 nitrogen and oxygen atoms in total. The molecule has 0 spiro atoms. The fraction of sp³-hybridized carbons (Fsp3) is 0.333. The number of hydrogen-bond acceptors (Lipinski definition) is 1. The third-order valence-corrected chi connectivity index (χ3v) is 4.91. The monoisotopic (exact) mass is 333 g/mol. The van der Waals surface area contributed by atoms with Crippen molar-refractivity contribution in [2.45, 2.75) is 52.4 Å². The summed E-state index contributed by atoms with van der Waals surface area (Å²) >= 11 is 0. The molecule has 2 aromatic carbocycles. The first-order valence-corrected chi connectivity index (χ1v) is 8.91. The van der Waals surface area contributed by atoms with Crippen LogP contribution in [0.1, 0.15) is 51.3 Å². The molecular formula is C24H31N. The van der Waals surface area contributed by atoms with Crippen LogP contribution in [-0.2, 0) is 10.8 Å². The number of aryl methyl sites for hydroxylation is 1. The summed E-state index contributed by atoms with van der Waals surface area (Å²) in [6.45, 7) is 17.6. The molecule has 0 saturated heterocycles. The van der Waals surface area contributed by atoms with Crippen LogP contribution in [0.15, 0.2) is 73.0 Å². The molecule has 2 aromatic rings. The zero-order valence-electron chi connectivity index (χ0n) is 16.5. The maximum Gasteiger partial charge on any atom is 0.0379 e. The van der Waals surface area contributed by atoms with E-state index in [0.29, 0.717) is 0 Å². The predicted octanol–water partition coefficient (Wildman–Crippen LogP) is 6.75. The second-order valence-corrected chi connectivity index (χ2v) is 8.27. The molecule has 2 rings (SSSR count). The van der Waals surface area contributed by atoms with Gasteiger partial charge in [0.1, 0.15) is 0 Å². The summed E-state index contributed by atoms with van der Waals surface area (Å²) in [5.41, 5.74) is 6.21. The summed E-state index contributed by atoms with van der Waals surface area (Å²) in [4.78, 5) is 0. The Kier molecular flexibility index (Phi) is 5.57. The quantitative estimate of drug-likeness (QED) is 0.597. The van der Waals surface area contributed by atoms with Crippen molar-refractivity contribution in [3.63, 3.8) is 0 Å². The predicted molar refractivity (Wildman–Crippen MR) is 111 cm³/mol. The van der Waals surface area contributed by atoms with Crippen LogP contribution in [0.3, 0.4) is 0 Å². The van der Waals surface area contributed by atoms with Crippen molar-refractivity contribution in [2.75, 3.05) is 5.32 Å². The molecule has 0 saturated carbocycles. The van der Waals surface area contributed by atoms with Gasteiger partial charge in [0, 0.05) is 17.3 Å². The molecule has 0 aliphatic heterocycles. The number of allylic oxidation sites excluding steroid dienone is 2. The Bertz CT molecular complexity index is 755. The number of benzene rings is 2. The van der Waals surface area contributed by atoms with Crippen LogP contribution in [0.4, 0.5) is 5.69 Å². The van der Waals surface area contributed by atoms with E-state index in [-0.39, 0.29) is 10.8 Å². The highest BCUT2D eigenvalue weighted by atomic mass is 14.8. The van der Waals surface area contributed by atoms with E-state index in [1.54, 1.807) is 0 Å². The molecule has 0 aliphatic rings. The summed E-state index contributed by atoms with van der Waals surface area (Å²) in [6.07, 6.45) is 4.05. The van der Waals surface area contributed by atoms with Gasteiger partial charge < -0.3 is 5.32 Å². The van der Waals surface area contributed by atoms with Gasteiger partial charge in [-0.3, -0.25) is 0 Å². The van der Waals surface area contributed by atoms with Crippen molar-refractivity contribution in [1.29, 1.82) is 0 Å². The first-order valence-electron chi connectivity index (χ1n) is 8.91. The van der Waals surface area contributed by atoms with Gasteiger partial charge in [-0.1, -0.05) is 77.6 Å². The average molecular weight is 334 g/mol. The molecule has 0 heterocycles. The second kappa shape index (κ2) is 7.31. The van der Waals surface area contributed by atoms with Gasteiger partial charge >= 0.3 is 0 Å². The molecule has 0 radical (unpaired) electrons. The van der Waals surface area contributed by atoms with Gasteiger partial charge in [0.25, 0.3) is 0 Å². The van der Waals surface area contributed by atoms with Gasteiger partial charge in [0.05, 0.1) is 0 Å². The first kappa shape index (κ1) is 19.1. The Balaban J connectivity index is 2.06. The summed E-state index contributed by atoms with van der Waals surface area (Å²) in [7, 11) is 0. The number of rotatable bonds is 5. The van der Waals surface area contributed by atoms with Crippen molar-refractivity contribution in [3.05, 3.63) is 89.6 Å². The highest BCUT2D eigenvalue weighted by Gasteiger charge is 2.24. The topological polar surface area (TPSA) is 12.0 Å². The van der Waals surface area contributed by atoms with Crippen LogP contribution in [0.25, 0.3) is 0 Å².